The highest BCUT2D eigenvalue weighted by Gasteiger charge is 2.21. The maximum atomic E-state index is 7.68. The van der Waals surface area contributed by atoms with Gasteiger partial charge in [0.25, 0.3) is 0 Å². The molecule has 102 valence electrons. The fourth-order valence-corrected chi connectivity index (χ4v) is 3.13. The molecule has 3 rings (SSSR count). The summed E-state index contributed by atoms with van der Waals surface area (Å²) in [5, 5.41) is 7.68. The molecule has 0 aliphatic heterocycles. The molecule has 4 heteroatoms. The van der Waals surface area contributed by atoms with E-state index < -0.39 is 0 Å². The van der Waals surface area contributed by atoms with E-state index in [2.05, 4.69) is 4.98 Å². The van der Waals surface area contributed by atoms with Gasteiger partial charge in [-0.3, -0.25) is 5.41 Å². The summed E-state index contributed by atoms with van der Waals surface area (Å²) < 4.78 is 5.88. The van der Waals surface area contributed by atoms with E-state index in [-0.39, 0.29) is 5.84 Å². The van der Waals surface area contributed by atoms with Crippen LogP contribution < -0.4 is 10.5 Å². The number of aromatic nitrogens is 1. The van der Waals surface area contributed by atoms with Crippen LogP contribution in [0.3, 0.4) is 0 Å². The summed E-state index contributed by atoms with van der Waals surface area (Å²) >= 11 is 0. The third-order valence-electron chi connectivity index (χ3n) is 4.24. The van der Waals surface area contributed by atoms with Crippen LogP contribution in [0.5, 0.6) is 5.88 Å². The van der Waals surface area contributed by atoms with Gasteiger partial charge in [-0.05, 0) is 49.7 Å². The predicted molar refractivity (Wildman–Crippen MR) is 74.7 cm³/mol. The number of hydrogen-bond donors (Lipinski definition) is 2. The molecule has 0 radical (unpaired) electrons. The van der Waals surface area contributed by atoms with Crippen LogP contribution in [0.2, 0.25) is 0 Å². The maximum Gasteiger partial charge on any atom is 0.224 e. The van der Waals surface area contributed by atoms with E-state index in [1.807, 2.05) is 6.07 Å². The van der Waals surface area contributed by atoms with Crippen molar-refractivity contribution >= 4 is 5.84 Å². The lowest BCUT2D eigenvalue weighted by atomic mass is 10.1. The minimum atomic E-state index is 0.0589. The van der Waals surface area contributed by atoms with E-state index in [0.717, 1.165) is 25.0 Å². The number of rotatable bonds is 4. The summed E-state index contributed by atoms with van der Waals surface area (Å²) in [5.41, 5.74) is 8.69. The first-order valence-electron chi connectivity index (χ1n) is 7.24. The minimum absolute atomic E-state index is 0.0589. The number of ether oxygens (including phenoxy) is 1. The van der Waals surface area contributed by atoms with Gasteiger partial charge in [0.1, 0.15) is 5.84 Å². The number of nitrogens with two attached hydrogens (primary N) is 1. The van der Waals surface area contributed by atoms with E-state index in [1.54, 1.807) is 0 Å². The van der Waals surface area contributed by atoms with Gasteiger partial charge >= 0.3 is 0 Å². The summed E-state index contributed by atoms with van der Waals surface area (Å²) in [6.45, 7) is 0.714. The van der Waals surface area contributed by atoms with E-state index >= 15 is 0 Å². The van der Waals surface area contributed by atoms with Gasteiger partial charge in [0.15, 0.2) is 0 Å². The van der Waals surface area contributed by atoms with Crippen molar-refractivity contribution in [2.24, 2.45) is 11.7 Å². The van der Waals surface area contributed by atoms with Crippen LogP contribution in [0.15, 0.2) is 6.07 Å². The number of nitrogens with zero attached hydrogens (tertiary/aromatic N) is 1. The first-order valence-corrected chi connectivity index (χ1v) is 7.24. The first kappa shape index (κ1) is 12.5. The highest BCUT2D eigenvalue weighted by Crippen LogP contribution is 2.29. The van der Waals surface area contributed by atoms with Crippen molar-refractivity contribution in [2.45, 2.75) is 44.9 Å². The van der Waals surface area contributed by atoms with Crippen molar-refractivity contribution in [3.63, 3.8) is 0 Å². The lowest BCUT2D eigenvalue weighted by molar-refractivity contribution is 0.242. The minimum Gasteiger partial charge on any atom is -0.477 e. The number of fused-ring (bicyclic) bond motifs is 1. The van der Waals surface area contributed by atoms with Gasteiger partial charge in [0, 0.05) is 5.69 Å². The van der Waals surface area contributed by atoms with Crippen molar-refractivity contribution in [3.8, 4) is 5.88 Å². The Morgan fingerprint density at radius 2 is 2.11 bits per heavy atom. The predicted octanol–water partition coefficient (Wildman–Crippen LogP) is 2.42. The van der Waals surface area contributed by atoms with Crippen LogP contribution in [0.25, 0.3) is 0 Å². The highest BCUT2D eigenvalue weighted by molar-refractivity contribution is 5.97. The van der Waals surface area contributed by atoms with E-state index in [0.29, 0.717) is 24.0 Å². The standard InChI is InChI=1S/C15H21N3O/c16-14(17)12-8-11-6-3-7-13(11)18-15(12)19-9-10-4-1-2-5-10/h8,10H,1-7,9H2,(H3,16,17). The average molecular weight is 259 g/mol. The summed E-state index contributed by atoms with van der Waals surface area (Å²) in [7, 11) is 0. The molecule has 1 fully saturated rings. The molecule has 3 N–H and O–H groups in total. The molecule has 2 aliphatic carbocycles. The number of nitrogens with one attached hydrogen (secondary N) is 1. The Kier molecular flexibility index (Phi) is 3.40. The lowest BCUT2D eigenvalue weighted by Gasteiger charge is -2.14. The number of amidine groups is 1. The van der Waals surface area contributed by atoms with E-state index in [4.69, 9.17) is 15.9 Å². The van der Waals surface area contributed by atoms with Crippen LogP contribution in [-0.2, 0) is 12.8 Å². The fraction of sp³-hybridized carbons (Fsp3) is 0.600. The average Bonchev–Trinajstić information content (AvgIpc) is 3.05. The third kappa shape index (κ3) is 2.57. The largest absolute Gasteiger partial charge is 0.477 e. The zero-order valence-electron chi connectivity index (χ0n) is 11.2. The molecule has 0 amide bonds. The number of aryl methyl sites for hydroxylation is 2. The zero-order valence-corrected chi connectivity index (χ0v) is 11.2. The molecule has 0 spiro atoms. The molecule has 0 saturated heterocycles. The molecule has 1 aromatic rings. The van der Waals surface area contributed by atoms with E-state index in [9.17, 15) is 0 Å². The maximum absolute atomic E-state index is 7.68. The Hall–Kier alpha value is -1.58. The van der Waals surface area contributed by atoms with Crippen molar-refractivity contribution in [3.05, 3.63) is 22.9 Å². The smallest absolute Gasteiger partial charge is 0.224 e. The molecule has 0 atom stereocenters. The third-order valence-corrected chi connectivity index (χ3v) is 4.24. The first-order chi connectivity index (χ1) is 9.24. The zero-order chi connectivity index (χ0) is 13.2. The molecule has 1 saturated carbocycles. The second-order valence-corrected chi connectivity index (χ2v) is 5.68. The van der Waals surface area contributed by atoms with Gasteiger partial charge in [-0.2, -0.15) is 0 Å². The van der Waals surface area contributed by atoms with Gasteiger partial charge < -0.3 is 10.5 Å². The molecular formula is C15H21N3O. The van der Waals surface area contributed by atoms with Gasteiger partial charge in [-0.15, -0.1) is 0 Å². The van der Waals surface area contributed by atoms with Crippen LogP contribution in [-0.4, -0.2) is 17.4 Å². The highest BCUT2D eigenvalue weighted by atomic mass is 16.5. The van der Waals surface area contributed by atoms with E-state index in [1.165, 1.54) is 31.2 Å². The van der Waals surface area contributed by atoms with Crippen LogP contribution in [0.4, 0.5) is 0 Å². The van der Waals surface area contributed by atoms with Crippen molar-refractivity contribution < 1.29 is 4.74 Å². The SMILES string of the molecule is N=C(N)c1cc2c(nc1OCC1CCCC1)CCC2. The van der Waals surface area contributed by atoms with Gasteiger partial charge in [0.2, 0.25) is 5.88 Å². The van der Waals surface area contributed by atoms with Crippen molar-refractivity contribution in [1.29, 1.82) is 5.41 Å². The van der Waals surface area contributed by atoms with Gasteiger partial charge in [0.05, 0.1) is 12.2 Å². The number of pyridine rings is 1. The molecule has 0 aromatic carbocycles. The Morgan fingerprint density at radius 3 is 2.84 bits per heavy atom. The second kappa shape index (κ2) is 5.19. The molecule has 19 heavy (non-hydrogen) atoms. The Morgan fingerprint density at radius 1 is 1.32 bits per heavy atom. The molecule has 0 unspecified atom stereocenters. The summed E-state index contributed by atoms with van der Waals surface area (Å²) in [4.78, 5) is 4.59. The molecular weight excluding hydrogens is 238 g/mol. The number of nitrogen functional groups attached to an aromatic ring is 1. The normalized spacial score (nSPS) is 18.5. The molecule has 4 nitrogen and oxygen atoms in total. The fourth-order valence-electron chi connectivity index (χ4n) is 3.13. The quantitative estimate of drug-likeness (QED) is 0.644. The topological polar surface area (TPSA) is 72.0 Å². The number of hydrogen-bond acceptors (Lipinski definition) is 3. The summed E-state index contributed by atoms with van der Waals surface area (Å²) in [6, 6.07) is 2.00. The molecule has 1 aromatic heterocycles. The van der Waals surface area contributed by atoms with Crippen LogP contribution in [0, 0.1) is 11.3 Å². The van der Waals surface area contributed by atoms with Crippen LogP contribution in [0.1, 0.15) is 48.9 Å². The molecule has 1 heterocycles. The van der Waals surface area contributed by atoms with Gasteiger partial charge in [-0.1, -0.05) is 12.8 Å². The van der Waals surface area contributed by atoms with Crippen LogP contribution >= 0.6 is 0 Å². The molecule has 0 bridgehead atoms. The Labute approximate surface area is 113 Å². The second-order valence-electron chi connectivity index (χ2n) is 5.68. The van der Waals surface area contributed by atoms with Gasteiger partial charge in [-0.25, -0.2) is 4.98 Å². The van der Waals surface area contributed by atoms with Crippen molar-refractivity contribution in [2.75, 3.05) is 6.61 Å². The van der Waals surface area contributed by atoms with Crippen molar-refractivity contribution in [1.82, 2.24) is 4.98 Å². The monoisotopic (exact) mass is 259 g/mol. The Bertz CT molecular complexity index is 492. The summed E-state index contributed by atoms with van der Waals surface area (Å²) in [6.07, 6.45) is 8.34. The Balaban J connectivity index is 1.80. The molecule has 2 aliphatic rings. The summed E-state index contributed by atoms with van der Waals surface area (Å²) in [5.74, 6) is 1.28. The lowest BCUT2D eigenvalue weighted by Crippen LogP contribution is -2.17.